The second-order valence-electron chi connectivity index (χ2n) is 9.38. The van der Waals surface area contributed by atoms with Gasteiger partial charge in [0.05, 0.1) is 0 Å². The summed E-state index contributed by atoms with van der Waals surface area (Å²) in [5, 5.41) is 3.33. The van der Waals surface area contributed by atoms with Gasteiger partial charge >= 0.3 is 0 Å². The zero-order chi connectivity index (χ0) is 22.9. The minimum Gasteiger partial charge on any atom is -0.369 e. The van der Waals surface area contributed by atoms with E-state index in [1.54, 1.807) is 0 Å². The lowest BCUT2D eigenvalue weighted by Gasteiger charge is -2.39. The van der Waals surface area contributed by atoms with Crippen molar-refractivity contribution >= 4 is 36.4 Å². The summed E-state index contributed by atoms with van der Waals surface area (Å²) in [6, 6.07) is 21.1. The predicted octanol–water partition coefficient (Wildman–Crippen LogP) is 6.13. The van der Waals surface area contributed by atoms with Gasteiger partial charge < -0.3 is 10.2 Å². The molecule has 3 aromatic rings. The summed E-state index contributed by atoms with van der Waals surface area (Å²) in [6.07, 6.45) is 0.925. The van der Waals surface area contributed by atoms with Gasteiger partial charge in [-0.2, -0.15) is 0 Å². The van der Waals surface area contributed by atoms with Crippen molar-refractivity contribution in [1.82, 2.24) is 10.2 Å². The van der Waals surface area contributed by atoms with Gasteiger partial charge in [-0.25, -0.2) is 0 Å². The van der Waals surface area contributed by atoms with Crippen LogP contribution in [-0.4, -0.2) is 49.6 Å². The van der Waals surface area contributed by atoms with Crippen LogP contribution >= 0.6 is 24.8 Å². The Kier molecular flexibility index (Phi) is 8.87. The van der Waals surface area contributed by atoms with E-state index in [-0.39, 0.29) is 36.8 Å². The second kappa shape index (κ2) is 11.5. The van der Waals surface area contributed by atoms with Crippen molar-refractivity contribution in [1.29, 1.82) is 0 Å². The van der Waals surface area contributed by atoms with E-state index in [1.165, 1.54) is 33.5 Å². The molecule has 1 saturated heterocycles. The number of hydrogen-bond acceptors (Lipinski definition) is 3. The number of piperazine rings is 1. The Morgan fingerprint density at radius 3 is 2.09 bits per heavy atom. The van der Waals surface area contributed by atoms with Crippen LogP contribution in [0.5, 0.6) is 0 Å². The number of fused-ring (bicyclic) bond motifs is 4. The van der Waals surface area contributed by atoms with Gasteiger partial charge in [0.25, 0.3) is 5.91 Å². The number of rotatable bonds is 6. The lowest BCUT2D eigenvalue weighted by Crippen LogP contribution is -2.51. The zero-order valence-electron chi connectivity index (χ0n) is 20.7. The van der Waals surface area contributed by atoms with Gasteiger partial charge in [-0.05, 0) is 54.2 Å². The normalized spacial score (nSPS) is 15.0. The summed E-state index contributed by atoms with van der Waals surface area (Å²) in [5.41, 5.74) is 9.61. The second-order valence-corrected chi connectivity index (χ2v) is 9.38. The number of amides is 1. The SMILES string of the molecule is CCC(CN1CCN(c2c(C)cccc2C)CC1)NC(=O)c1cccc2c1-c1ccccc1-2.Cl.Cl. The van der Waals surface area contributed by atoms with Gasteiger partial charge in [-0.15, -0.1) is 24.8 Å². The van der Waals surface area contributed by atoms with Crippen molar-refractivity contribution in [3.8, 4) is 22.3 Å². The maximum Gasteiger partial charge on any atom is 0.252 e. The average molecular weight is 513 g/mol. The monoisotopic (exact) mass is 511 g/mol. The molecule has 1 aliphatic carbocycles. The van der Waals surface area contributed by atoms with E-state index in [0.717, 1.165) is 50.3 Å². The first-order valence-corrected chi connectivity index (χ1v) is 12.1. The number of benzene rings is 3. The van der Waals surface area contributed by atoms with Gasteiger partial charge in [0.2, 0.25) is 0 Å². The molecule has 0 saturated carbocycles. The molecule has 0 spiro atoms. The molecule has 1 N–H and O–H groups in total. The molecule has 6 heteroatoms. The van der Waals surface area contributed by atoms with Gasteiger partial charge in [0, 0.05) is 55.6 Å². The molecule has 1 unspecified atom stereocenters. The van der Waals surface area contributed by atoms with E-state index in [4.69, 9.17) is 0 Å². The first-order chi connectivity index (χ1) is 16.1. The van der Waals surface area contributed by atoms with Crippen LogP contribution < -0.4 is 10.2 Å². The Morgan fingerprint density at radius 2 is 1.43 bits per heavy atom. The lowest BCUT2D eigenvalue weighted by molar-refractivity contribution is 0.0922. The van der Waals surface area contributed by atoms with Gasteiger partial charge in [-0.3, -0.25) is 9.69 Å². The number of anilines is 1. The Morgan fingerprint density at radius 1 is 0.829 bits per heavy atom. The smallest absolute Gasteiger partial charge is 0.252 e. The number of nitrogens with one attached hydrogen (secondary N) is 1. The van der Waals surface area contributed by atoms with Crippen LogP contribution in [0.1, 0.15) is 34.8 Å². The topological polar surface area (TPSA) is 35.6 Å². The molecule has 1 amide bonds. The summed E-state index contributed by atoms with van der Waals surface area (Å²) in [7, 11) is 0. The van der Waals surface area contributed by atoms with Crippen LogP contribution in [0, 0.1) is 13.8 Å². The van der Waals surface area contributed by atoms with E-state index >= 15 is 0 Å². The fraction of sp³-hybridized carbons (Fsp3) is 0.345. The van der Waals surface area contributed by atoms with Crippen LogP contribution in [-0.2, 0) is 0 Å². The Labute approximate surface area is 221 Å². The highest BCUT2D eigenvalue weighted by atomic mass is 35.5. The number of nitrogens with zero attached hydrogens (tertiary/aromatic N) is 2. The molecule has 0 radical (unpaired) electrons. The third-order valence-electron chi connectivity index (χ3n) is 7.23. The maximum absolute atomic E-state index is 13.2. The number of carbonyl (C=O) groups excluding carboxylic acids is 1. The van der Waals surface area contributed by atoms with Crippen molar-refractivity contribution in [3.05, 3.63) is 77.4 Å². The Bertz CT molecular complexity index is 1170. The quantitative estimate of drug-likeness (QED) is 0.338. The summed E-state index contributed by atoms with van der Waals surface area (Å²) >= 11 is 0. The third-order valence-corrected chi connectivity index (χ3v) is 7.23. The molecule has 35 heavy (non-hydrogen) atoms. The highest BCUT2D eigenvalue weighted by Gasteiger charge is 2.28. The first kappa shape index (κ1) is 27.1. The van der Waals surface area contributed by atoms with Gasteiger partial charge in [0.15, 0.2) is 0 Å². The van der Waals surface area contributed by atoms with Crippen molar-refractivity contribution in [2.24, 2.45) is 0 Å². The molecule has 0 aromatic heterocycles. The molecular formula is C29H35Cl2N3O. The molecule has 1 fully saturated rings. The number of hydrogen-bond donors (Lipinski definition) is 1. The van der Waals surface area contributed by atoms with Crippen LogP contribution in [0.15, 0.2) is 60.7 Å². The largest absolute Gasteiger partial charge is 0.369 e. The molecule has 186 valence electrons. The lowest BCUT2D eigenvalue weighted by atomic mass is 9.78. The predicted molar refractivity (Wildman–Crippen MR) is 151 cm³/mol. The fourth-order valence-electron chi connectivity index (χ4n) is 5.44. The Hall–Kier alpha value is -2.53. The first-order valence-electron chi connectivity index (χ1n) is 12.1. The molecule has 1 atom stereocenters. The van der Waals surface area contributed by atoms with Crippen molar-refractivity contribution in [2.75, 3.05) is 37.6 Å². The van der Waals surface area contributed by atoms with E-state index in [1.807, 2.05) is 18.2 Å². The molecule has 0 bridgehead atoms. The minimum atomic E-state index is 0. The molecular weight excluding hydrogens is 477 g/mol. The van der Waals surface area contributed by atoms with E-state index in [9.17, 15) is 4.79 Å². The molecule has 1 heterocycles. The summed E-state index contributed by atoms with van der Waals surface area (Å²) in [6.45, 7) is 11.6. The molecule has 3 aromatic carbocycles. The average Bonchev–Trinajstić information content (AvgIpc) is 2.82. The van der Waals surface area contributed by atoms with Crippen molar-refractivity contribution < 1.29 is 4.79 Å². The van der Waals surface area contributed by atoms with Crippen LogP contribution in [0.25, 0.3) is 22.3 Å². The van der Waals surface area contributed by atoms with Gasteiger partial charge in [0.1, 0.15) is 0 Å². The van der Waals surface area contributed by atoms with E-state index in [2.05, 4.69) is 78.4 Å². The van der Waals surface area contributed by atoms with E-state index < -0.39 is 0 Å². The third kappa shape index (κ3) is 5.20. The van der Waals surface area contributed by atoms with Crippen LogP contribution in [0.2, 0.25) is 0 Å². The highest BCUT2D eigenvalue weighted by Crippen LogP contribution is 2.48. The molecule has 1 aliphatic heterocycles. The maximum atomic E-state index is 13.2. The standard InChI is InChI=1S/C29H33N3O.2ClH/c1-4-22(19-31-15-17-32(18-16-31)28-20(2)9-7-10-21(28)3)30-29(33)26-14-8-13-25-23-11-5-6-12-24(23)27(25)26;;/h5-14,22H,4,15-19H2,1-3H3,(H,30,33);2*1H. The number of aryl methyl sites for hydroxylation is 2. The highest BCUT2D eigenvalue weighted by molar-refractivity contribution is 6.12. The molecule has 2 aliphatic rings. The van der Waals surface area contributed by atoms with Crippen LogP contribution in [0.3, 0.4) is 0 Å². The number of halogens is 2. The Balaban J connectivity index is 0.00000171. The van der Waals surface area contributed by atoms with Crippen molar-refractivity contribution in [3.63, 3.8) is 0 Å². The summed E-state index contributed by atoms with van der Waals surface area (Å²) in [4.78, 5) is 18.3. The zero-order valence-corrected chi connectivity index (χ0v) is 22.3. The van der Waals surface area contributed by atoms with Crippen LogP contribution in [0.4, 0.5) is 5.69 Å². The van der Waals surface area contributed by atoms with E-state index in [0.29, 0.717) is 0 Å². The molecule has 5 rings (SSSR count). The molecule has 4 nitrogen and oxygen atoms in total. The number of carbonyl (C=O) groups is 1. The summed E-state index contributed by atoms with van der Waals surface area (Å²) in [5.74, 6) is 0.0439. The number of para-hydroxylation sites is 1. The summed E-state index contributed by atoms with van der Waals surface area (Å²) < 4.78 is 0. The van der Waals surface area contributed by atoms with Gasteiger partial charge in [-0.1, -0.05) is 61.5 Å². The van der Waals surface area contributed by atoms with Crippen molar-refractivity contribution in [2.45, 2.75) is 33.2 Å². The fourth-order valence-corrected chi connectivity index (χ4v) is 5.44. The minimum absolute atomic E-state index is 0.